The van der Waals surface area contributed by atoms with E-state index in [2.05, 4.69) is 5.32 Å². The summed E-state index contributed by atoms with van der Waals surface area (Å²) in [5, 5.41) is 11.5. The zero-order valence-electron chi connectivity index (χ0n) is 9.99. The number of halogens is 2. The number of nitrogens with zero attached hydrogens (tertiary/aromatic N) is 1. The number of aliphatic carboxylic acids is 1. The average molecular weight is 266 g/mol. The Labute approximate surface area is 103 Å². The second-order valence-electron chi connectivity index (χ2n) is 4.20. The van der Waals surface area contributed by atoms with Crippen LogP contribution in [0.5, 0.6) is 0 Å². The zero-order chi connectivity index (χ0) is 13.8. The van der Waals surface area contributed by atoms with E-state index in [0.29, 0.717) is 0 Å². The highest BCUT2D eigenvalue weighted by atomic mass is 19.3. The summed E-state index contributed by atoms with van der Waals surface area (Å²) >= 11 is 0. The summed E-state index contributed by atoms with van der Waals surface area (Å²) in [5.74, 6) is -1.18. The van der Waals surface area contributed by atoms with Gasteiger partial charge >= 0.3 is 12.0 Å². The fourth-order valence-corrected chi connectivity index (χ4v) is 1.70. The second-order valence-corrected chi connectivity index (χ2v) is 4.20. The minimum Gasteiger partial charge on any atom is -0.480 e. The lowest BCUT2D eigenvalue weighted by molar-refractivity contribution is -0.148. The van der Waals surface area contributed by atoms with E-state index in [1.165, 1.54) is 7.05 Å². The van der Waals surface area contributed by atoms with E-state index in [1.807, 2.05) is 0 Å². The maximum Gasteiger partial charge on any atom is 0.329 e. The van der Waals surface area contributed by atoms with Crippen molar-refractivity contribution in [3.63, 3.8) is 0 Å². The number of carbonyl (C=O) groups excluding carboxylic acids is 1. The summed E-state index contributed by atoms with van der Waals surface area (Å²) in [6, 6.07) is -0.820. The van der Waals surface area contributed by atoms with Gasteiger partial charge in [0.15, 0.2) is 0 Å². The third kappa shape index (κ3) is 3.52. The Morgan fingerprint density at radius 1 is 1.44 bits per heavy atom. The van der Waals surface area contributed by atoms with Crippen molar-refractivity contribution in [2.24, 2.45) is 0 Å². The predicted molar refractivity (Wildman–Crippen MR) is 57.6 cm³/mol. The number of rotatable bonds is 4. The van der Waals surface area contributed by atoms with Crippen LogP contribution < -0.4 is 5.32 Å². The van der Waals surface area contributed by atoms with Crippen molar-refractivity contribution in [2.45, 2.75) is 24.8 Å². The first-order chi connectivity index (χ1) is 8.37. The number of carbonyl (C=O) groups is 2. The number of alkyl halides is 2. The van der Waals surface area contributed by atoms with E-state index in [4.69, 9.17) is 9.84 Å². The Kier molecular flexibility index (Phi) is 4.83. The molecule has 0 unspecified atom stereocenters. The third-order valence-electron chi connectivity index (χ3n) is 2.86. The maximum atomic E-state index is 12.1. The van der Waals surface area contributed by atoms with Gasteiger partial charge in [-0.2, -0.15) is 0 Å². The van der Waals surface area contributed by atoms with Crippen LogP contribution in [-0.4, -0.2) is 60.8 Å². The maximum absolute atomic E-state index is 12.1. The van der Waals surface area contributed by atoms with Crippen LogP contribution in [0.1, 0.15) is 12.8 Å². The number of hydrogen-bond acceptors (Lipinski definition) is 3. The Morgan fingerprint density at radius 2 is 2.00 bits per heavy atom. The molecule has 0 spiro atoms. The quantitative estimate of drug-likeness (QED) is 0.778. The molecular weight excluding hydrogens is 250 g/mol. The third-order valence-corrected chi connectivity index (χ3v) is 2.86. The van der Waals surface area contributed by atoms with Crippen LogP contribution in [0.4, 0.5) is 13.6 Å². The summed E-state index contributed by atoms with van der Waals surface area (Å²) in [6.07, 6.45) is -2.41. The average Bonchev–Trinajstić information content (AvgIpc) is 2.29. The van der Waals surface area contributed by atoms with Gasteiger partial charge in [-0.3, -0.25) is 0 Å². The highest BCUT2D eigenvalue weighted by Gasteiger charge is 2.42. The van der Waals surface area contributed by atoms with Crippen LogP contribution in [0.3, 0.4) is 0 Å². The summed E-state index contributed by atoms with van der Waals surface area (Å²) in [7, 11) is 1.19. The van der Waals surface area contributed by atoms with Crippen molar-refractivity contribution in [1.29, 1.82) is 0 Å². The lowest BCUT2D eigenvalue weighted by atomic mass is 9.90. The molecule has 1 rings (SSSR count). The molecule has 0 aromatic rings. The minimum absolute atomic E-state index is 0.122. The molecule has 1 aliphatic rings. The molecule has 0 aliphatic carbocycles. The SMILES string of the molecule is CN(CC(F)F)C(=O)NC1(C(=O)O)CCOCC1. The summed E-state index contributed by atoms with van der Waals surface area (Å²) in [4.78, 5) is 23.6. The van der Waals surface area contributed by atoms with Crippen LogP contribution in [0, 0.1) is 0 Å². The smallest absolute Gasteiger partial charge is 0.329 e. The van der Waals surface area contributed by atoms with Gasteiger partial charge < -0.3 is 20.1 Å². The number of hydrogen-bond donors (Lipinski definition) is 2. The van der Waals surface area contributed by atoms with Gasteiger partial charge in [-0.05, 0) is 0 Å². The topological polar surface area (TPSA) is 78.9 Å². The number of ether oxygens (including phenoxy) is 1. The van der Waals surface area contributed by atoms with E-state index in [9.17, 15) is 18.4 Å². The molecule has 2 amide bonds. The number of nitrogens with one attached hydrogen (secondary N) is 1. The highest BCUT2D eigenvalue weighted by molar-refractivity contribution is 5.86. The monoisotopic (exact) mass is 266 g/mol. The van der Waals surface area contributed by atoms with Crippen molar-refractivity contribution >= 4 is 12.0 Å². The molecule has 18 heavy (non-hydrogen) atoms. The minimum atomic E-state index is -2.66. The van der Waals surface area contributed by atoms with Gasteiger partial charge in [-0.15, -0.1) is 0 Å². The summed E-state index contributed by atoms with van der Waals surface area (Å²) in [6.45, 7) is -0.311. The standard InChI is InChI=1S/C10H16F2N2O4/c1-14(6-7(11)12)9(17)13-10(8(15)16)2-4-18-5-3-10/h7H,2-6H2,1H3,(H,13,17)(H,15,16). The van der Waals surface area contributed by atoms with Crippen LogP contribution in [0.15, 0.2) is 0 Å². The zero-order valence-corrected chi connectivity index (χ0v) is 9.99. The summed E-state index contributed by atoms with van der Waals surface area (Å²) in [5.41, 5.74) is -1.42. The molecule has 1 fully saturated rings. The van der Waals surface area contributed by atoms with Gasteiger partial charge in [0, 0.05) is 33.1 Å². The fourth-order valence-electron chi connectivity index (χ4n) is 1.70. The number of carboxylic acid groups (broad SMARTS) is 1. The molecule has 0 radical (unpaired) electrons. The molecule has 1 heterocycles. The van der Waals surface area contributed by atoms with Crippen molar-refractivity contribution in [3.05, 3.63) is 0 Å². The molecular formula is C10H16F2N2O4. The molecule has 0 atom stereocenters. The van der Waals surface area contributed by atoms with E-state index < -0.39 is 30.5 Å². The molecule has 0 bridgehead atoms. The van der Waals surface area contributed by atoms with Gasteiger partial charge in [0.25, 0.3) is 6.43 Å². The van der Waals surface area contributed by atoms with Crippen molar-refractivity contribution in [1.82, 2.24) is 10.2 Å². The molecule has 0 aromatic heterocycles. The van der Waals surface area contributed by atoms with Gasteiger partial charge in [-0.25, -0.2) is 18.4 Å². The van der Waals surface area contributed by atoms with Crippen molar-refractivity contribution < 1.29 is 28.2 Å². The van der Waals surface area contributed by atoms with Gasteiger partial charge in [-0.1, -0.05) is 0 Å². The first-order valence-corrected chi connectivity index (χ1v) is 5.50. The highest BCUT2D eigenvalue weighted by Crippen LogP contribution is 2.21. The molecule has 0 saturated carbocycles. The molecule has 6 nitrogen and oxygen atoms in total. The lowest BCUT2D eigenvalue weighted by Crippen LogP contribution is -2.60. The van der Waals surface area contributed by atoms with Crippen LogP contribution in [-0.2, 0) is 9.53 Å². The number of carboxylic acids is 1. The van der Waals surface area contributed by atoms with Gasteiger partial charge in [0.05, 0.1) is 6.54 Å². The van der Waals surface area contributed by atoms with Gasteiger partial charge in [0.2, 0.25) is 0 Å². The first-order valence-electron chi connectivity index (χ1n) is 5.50. The second kappa shape index (κ2) is 5.94. The summed E-state index contributed by atoms with van der Waals surface area (Å²) < 4.78 is 29.3. The fraction of sp³-hybridized carbons (Fsp3) is 0.800. The Hall–Kier alpha value is -1.44. The molecule has 1 aliphatic heterocycles. The van der Waals surface area contributed by atoms with E-state index >= 15 is 0 Å². The molecule has 104 valence electrons. The molecule has 2 N–H and O–H groups in total. The van der Waals surface area contributed by atoms with E-state index in [1.54, 1.807) is 0 Å². The first kappa shape index (κ1) is 14.6. The molecule has 1 saturated heterocycles. The lowest BCUT2D eigenvalue weighted by Gasteiger charge is -2.35. The van der Waals surface area contributed by atoms with Crippen LogP contribution >= 0.6 is 0 Å². The van der Waals surface area contributed by atoms with Crippen molar-refractivity contribution in [2.75, 3.05) is 26.8 Å². The Morgan fingerprint density at radius 3 is 2.44 bits per heavy atom. The van der Waals surface area contributed by atoms with E-state index in [0.717, 1.165) is 4.90 Å². The predicted octanol–water partition coefficient (Wildman–Crippen LogP) is 0.527. The van der Waals surface area contributed by atoms with Gasteiger partial charge in [0.1, 0.15) is 5.54 Å². The molecule has 8 heteroatoms. The Balaban J connectivity index is 2.66. The van der Waals surface area contributed by atoms with E-state index in [-0.39, 0.29) is 26.1 Å². The largest absolute Gasteiger partial charge is 0.480 e. The Bertz CT molecular complexity index is 319. The number of amides is 2. The molecule has 0 aromatic carbocycles. The number of urea groups is 1. The normalized spacial score (nSPS) is 18.4. The van der Waals surface area contributed by atoms with Crippen LogP contribution in [0.2, 0.25) is 0 Å². The van der Waals surface area contributed by atoms with Crippen LogP contribution in [0.25, 0.3) is 0 Å². The van der Waals surface area contributed by atoms with Crippen molar-refractivity contribution in [3.8, 4) is 0 Å².